The topological polar surface area (TPSA) is 8.81 Å². The van der Waals surface area contributed by atoms with Gasteiger partial charge in [0.05, 0.1) is 12.1 Å². The zero-order valence-electron chi connectivity index (χ0n) is 9.86. The molecule has 0 spiro atoms. The van der Waals surface area contributed by atoms with Gasteiger partial charge < -0.3 is 0 Å². The number of hydrogen-bond donors (Lipinski definition) is 0. The Hall–Kier alpha value is -1.31. The maximum atomic E-state index is 3.15. The molecular formula is C13H18N2+. The maximum absolute atomic E-state index is 3.15. The summed E-state index contributed by atoms with van der Waals surface area (Å²) in [5.74, 6) is 0. The molecule has 0 aliphatic heterocycles. The van der Waals surface area contributed by atoms with E-state index < -0.39 is 0 Å². The number of rotatable bonds is 2. The second kappa shape index (κ2) is 3.69. The van der Waals surface area contributed by atoms with Gasteiger partial charge in [0.15, 0.2) is 11.0 Å². The molecule has 0 aliphatic carbocycles. The van der Waals surface area contributed by atoms with Crippen LogP contribution in [0.2, 0.25) is 0 Å². The van der Waals surface area contributed by atoms with Gasteiger partial charge in [-0.2, -0.15) is 0 Å². The minimum absolute atomic E-state index is 0.489. The van der Waals surface area contributed by atoms with Crippen LogP contribution in [0, 0.1) is 6.07 Å². The van der Waals surface area contributed by atoms with Crippen LogP contribution in [-0.4, -0.2) is 4.57 Å². The predicted octanol–water partition coefficient (Wildman–Crippen LogP) is 2.89. The van der Waals surface area contributed by atoms with E-state index in [1.807, 2.05) is 6.07 Å². The summed E-state index contributed by atoms with van der Waals surface area (Å²) < 4.78 is 4.61. The molecular weight excluding hydrogens is 184 g/mol. The molecule has 0 N–H and O–H groups in total. The van der Waals surface area contributed by atoms with Gasteiger partial charge in [0.25, 0.3) is 0 Å². The second-order valence-corrected chi connectivity index (χ2v) is 4.53. The Morgan fingerprint density at radius 3 is 2.60 bits per heavy atom. The molecule has 0 amide bonds. The molecule has 1 aromatic carbocycles. The summed E-state index contributed by atoms with van der Waals surface area (Å²) in [4.78, 5) is 0. The fourth-order valence-corrected chi connectivity index (χ4v) is 1.92. The molecule has 2 rings (SSSR count). The van der Waals surface area contributed by atoms with E-state index in [4.69, 9.17) is 0 Å². The molecule has 0 aliphatic rings. The molecule has 2 aromatic rings. The van der Waals surface area contributed by atoms with Crippen molar-refractivity contribution in [3.63, 3.8) is 0 Å². The van der Waals surface area contributed by atoms with Crippen molar-refractivity contribution in [3.8, 4) is 0 Å². The van der Waals surface area contributed by atoms with E-state index >= 15 is 0 Å². The summed E-state index contributed by atoms with van der Waals surface area (Å²) in [6, 6.07) is 10.3. The Morgan fingerprint density at radius 2 is 2.00 bits per heavy atom. The number of fused-ring (bicyclic) bond motifs is 1. The molecule has 1 radical (unpaired) electrons. The van der Waals surface area contributed by atoms with Crippen molar-refractivity contribution in [2.45, 2.75) is 39.8 Å². The molecule has 0 fully saturated rings. The normalized spacial score (nSPS) is 11.9. The summed E-state index contributed by atoms with van der Waals surface area (Å²) in [6.45, 7) is 8.83. The van der Waals surface area contributed by atoms with Crippen LogP contribution < -0.4 is 4.57 Å². The third-order valence-corrected chi connectivity index (χ3v) is 2.74. The van der Waals surface area contributed by atoms with Crippen LogP contribution in [-0.2, 0) is 0 Å². The van der Waals surface area contributed by atoms with Gasteiger partial charge in [-0.15, -0.1) is 0 Å². The van der Waals surface area contributed by atoms with E-state index in [-0.39, 0.29) is 0 Å². The summed E-state index contributed by atoms with van der Waals surface area (Å²) >= 11 is 0. The molecule has 0 bridgehead atoms. The van der Waals surface area contributed by atoms with Crippen LogP contribution >= 0.6 is 0 Å². The first-order valence-electron chi connectivity index (χ1n) is 5.53. The lowest BCUT2D eigenvalue weighted by atomic mass is 10.3. The van der Waals surface area contributed by atoms with Gasteiger partial charge in [-0.1, -0.05) is 0 Å². The summed E-state index contributed by atoms with van der Waals surface area (Å²) in [5.41, 5.74) is 2.55. The van der Waals surface area contributed by atoms with E-state index in [1.165, 1.54) is 11.0 Å². The van der Waals surface area contributed by atoms with Gasteiger partial charge in [0.1, 0.15) is 0 Å². The van der Waals surface area contributed by atoms with Crippen molar-refractivity contribution in [2.75, 3.05) is 0 Å². The highest BCUT2D eigenvalue weighted by Crippen LogP contribution is 2.16. The van der Waals surface area contributed by atoms with Gasteiger partial charge in [0, 0.05) is 0 Å². The standard InChI is InChI=1S/C13H18N2/c1-10(2)14-9-15(11(3)4)13-8-6-5-7-12(13)14/h5,7-11H,1-4H3/q+1. The monoisotopic (exact) mass is 202 g/mol. The number of nitrogens with zero attached hydrogens (tertiary/aromatic N) is 2. The largest absolute Gasteiger partial charge is 0.245 e. The second-order valence-electron chi connectivity index (χ2n) is 4.53. The number of hydrogen-bond acceptors (Lipinski definition) is 0. The quantitative estimate of drug-likeness (QED) is 0.662. The third-order valence-electron chi connectivity index (χ3n) is 2.74. The highest BCUT2D eigenvalue weighted by atomic mass is 15.2. The average Bonchev–Trinajstić information content (AvgIpc) is 2.56. The zero-order valence-corrected chi connectivity index (χ0v) is 9.86. The third kappa shape index (κ3) is 1.65. The highest BCUT2D eigenvalue weighted by molar-refractivity contribution is 5.71. The lowest BCUT2D eigenvalue weighted by Crippen LogP contribution is -2.34. The SMILES string of the molecule is CC(C)n1c[n+](C(C)C)c2cc[c]cc21. The smallest absolute Gasteiger partial charge is 0.228 e. The fraction of sp³-hybridized carbons (Fsp3) is 0.462. The zero-order chi connectivity index (χ0) is 11.0. The first-order chi connectivity index (χ1) is 7.11. The molecule has 0 saturated carbocycles. The van der Waals surface area contributed by atoms with E-state index in [9.17, 15) is 0 Å². The van der Waals surface area contributed by atoms with Gasteiger partial charge in [-0.3, -0.25) is 0 Å². The van der Waals surface area contributed by atoms with Crippen LogP contribution in [0.5, 0.6) is 0 Å². The van der Waals surface area contributed by atoms with E-state index in [1.54, 1.807) is 0 Å². The minimum Gasteiger partial charge on any atom is -0.228 e. The van der Waals surface area contributed by atoms with Crippen molar-refractivity contribution in [1.82, 2.24) is 4.57 Å². The molecule has 15 heavy (non-hydrogen) atoms. The molecule has 1 heterocycles. The van der Waals surface area contributed by atoms with Gasteiger partial charge in [0.2, 0.25) is 6.33 Å². The maximum Gasteiger partial charge on any atom is 0.245 e. The number of aromatic nitrogens is 2. The Balaban J connectivity index is 2.73. The number of benzene rings is 1. The van der Waals surface area contributed by atoms with Crippen molar-refractivity contribution >= 4 is 11.0 Å². The van der Waals surface area contributed by atoms with Crippen LogP contribution in [0.3, 0.4) is 0 Å². The highest BCUT2D eigenvalue weighted by Gasteiger charge is 2.18. The van der Waals surface area contributed by atoms with E-state index in [0.29, 0.717) is 12.1 Å². The summed E-state index contributed by atoms with van der Waals surface area (Å²) in [5, 5.41) is 0. The molecule has 0 saturated heterocycles. The Labute approximate surface area is 91.2 Å². The van der Waals surface area contributed by atoms with Crippen LogP contribution in [0.15, 0.2) is 24.5 Å². The molecule has 79 valence electrons. The van der Waals surface area contributed by atoms with Gasteiger partial charge >= 0.3 is 0 Å². The molecule has 0 unspecified atom stereocenters. The van der Waals surface area contributed by atoms with Crippen LogP contribution in [0.4, 0.5) is 0 Å². The molecule has 2 heteroatoms. The lowest BCUT2D eigenvalue weighted by molar-refractivity contribution is -0.692. The van der Waals surface area contributed by atoms with Crippen molar-refractivity contribution in [3.05, 3.63) is 30.6 Å². The summed E-state index contributed by atoms with van der Waals surface area (Å²) in [7, 11) is 0. The fourth-order valence-electron chi connectivity index (χ4n) is 1.92. The van der Waals surface area contributed by atoms with Crippen molar-refractivity contribution in [1.29, 1.82) is 0 Å². The average molecular weight is 202 g/mol. The van der Waals surface area contributed by atoms with Crippen molar-refractivity contribution < 1.29 is 4.57 Å². The van der Waals surface area contributed by atoms with Gasteiger partial charge in [-0.25, -0.2) is 9.13 Å². The Morgan fingerprint density at radius 1 is 1.27 bits per heavy atom. The molecule has 1 aromatic heterocycles. The number of imidazole rings is 1. The van der Waals surface area contributed by atoms with E-state index in [2.05, 4.69) is 61.4 Å². The Bertz CT molecular complexity index is 424. The summed E-state index contributed by atoms with van der Waals surface area (Å²) in [6.07, 6.45) is 2.20. The van der Waals surface area contributed by atoms with E-state index in [0.717, 1.165) is 0 Å². The van der Waals surface area contributed by atoms with Gasteiger partial charge in [-0.05, 0) is 52.0 Å². The predicted molar refractivity (Wildman–Crippen MR) is 61.7 cm³/mol. The molecule has 2 nitrogen and oxygen atoms in total. The lowest BCUT2D eigenvalue weighted by Gasteiger charge is -2.00. The van der Waals surface area contributed by atoms with Crippen LogP contribution in [0.25, 0.3) is 11.0 Å². The minimum atomic E-state index is 0.489. The van der Waals surface area contributed by atoms with Crippen LogP contribution in [0.1, 0.15) is 39.8 Å². The molecule has 0 atom stereocenters. The Kier molecular flexibility index (Phi) is 2.51. The first kappa shape index (κ1) is 10.2. The first-order valence-corrected chi connectivity index (χ1v) is 5.53. The van der Waals surface area contributed by atoms with Crippen molar-refractivity contribution in [2.24, 2.45) is 0 Å².